The lowest BCUT2D eigenvalue weighted by molar-refractivity contribution is -0.144. The summed E-state index contributed by atoms with van der Waals surface area (Å²) < 4.78 is 5.53. The number of rotatable bonds is 5. The van der Waals surface area contributed by atoms with Crippen LogP contribution in [-0.4, -0.2) is 46.8 Å². The van der Waals surface area contributed by atoms with Crippen LogP contribution in [0.1, 0.15) is 59.3 Å². The Hall–Kier alpha value is -0.610. The molecule has 20 heavy (non-hydrogen) atoms. The first-order valence-corrected chi connectivity index (χ1v) is 7.91. The van der Waals surface area contributed by atoms with Crippen molar-refractivity contribution in [1.29, 1.82) is 0 Å². The van der Waals surface area contributed by atoms with Gasteiger partial charge in [-0.3, -0.25) is 9.69 Å². The van der Waals surface area contributed by atoms with E-state index in [0.717, 1.165) is 19.3 Å². The van der Waals surface area contributed by atoms with Crippen LogP contribution in [-0.2, 0) is 9.53 Å². The molecule has 0 spiro atoms. The maximum Gasteiger partial charge on any atom is 0.320 e. The van der Waals surface area contributed by atoms with E-state index in [2.05, 4.69) is 25.7 Å². The Kier molecular flexibility index (Phi) is 4.75. The molecule has 1 saturated heterocycles. The molecule has 116 valence electrons. The van der Waals surface area contributed by atoms with Crippen molar-refractivity contribution in [3.05, 3.63) is 0 Å². The third-order valence-corrected chi connectivity index (χ3v) is 5.27. The van der Waals surface area contributed by atoms with E-state index >= 15 is 0 Å². The number of ether oxygens (including phenoxy) is 1. The number of hydrogen-bond acceptors (Lipinski definition) is 3. The third kappa shape index (κ3) is 3.17. The first-order valence-electron chi connectivity index (χ1n) is 7.91. The normalized spacial score (nSPS) is 32.9. The average molecular weight is 283 g/mol. The molecule has 1 aliphatic carbocycles. The molecular formula is C16H29NO3. The topological polar surface area (TPSA) is 49.8 Å². The van der Waals surface area contributed by atoms with E-state index in [1.54, 1.807) is 7.11 Å². The molecule has 2 fully saturated rings. The summed E-state index contributed by atoms with van der Waals surface area (Å²) in [5, 5.41) is 9.56. The van der Waals surface area contributed by atoms with Crippen LogP contribution in [0, 0.1) is 5.92 Å². The highest BCUT2D eigenvalue weighted by atomic mass is 16.5. The molecule has 4 unspecified atom stereocenters. The van der Waals surface area contributed by atoms with Gasteiger partial charge in [-0.25, -0.2) is 0 Å². The summed E-state index contributed by atoms with van der Waals surface area (Å²) in [7, 11) is 1.73. The number of hydrogen-bond donors (Lipinski definition) is 1. The number of likely N-dealkylation sites (tertiary alicyclic amines) is 1. The van der Waals surface area contributed by atoms with Gasteiger partial charge in [-0.15, -0.1) is 0 Å². The number of fused-ring (bicyclic) bond motifs is 1. The van der Waals surface area contributed by atoms with Crippen LogP contribution in [0.5, 0.6) is 0 Å². The number of nitrogens with zero attached hydrogens (tertiary/aromatic N) is 1. The second-order valence-corrected chi connectivity index (χ2v) is 7.17. The molecule has 0 radical (unpaired) electrons. The number of carboxylic acids is 1. The molecule has 0 aromatic carbocycles. The van der Waals surface area contributed by atoms with Crippen LogP contribution < -0.4 is 0 Å². The third-order valence-electron chi connectivity index (χ3n) is 5.27. The van der Waals surface area contributed by atoms with E-state index in [1.165, 1.54) is 19.3 Å². The predicted octanol–water partition coefficient (Wildman–Crippen LogP) is 2.91. The number of carbonyl (C=O) groups is 1. The second-order valence-electron chi connectivity index (χ2n) is 7.17. The largest absolute Gasteiger partial charge is 0.480 e. The average Bonchev–Trinajstić information content (AvgIpc) is 2.77. The van der Waals surface area contributed by atoms with Crippen molar-refractivity contribution in [2.24, 2.45) is 5.92 Å². The van der Waals surface area contributed by atoms with Gasteiger partial charge in [0, 0.05) is 19.2 Å². The summed E-state index contributed by atoms with van der Waals surface area (Å²) in [6.45, 7) is 6.31. The lowest BCUT2D eigenvalue weighted by Gasteiger charge is -2.39. The maximum absolute atomic E-state index is 11.6. The highest BCUT2D eigenvalue weighted by Gasteiger charge is 2.47. The monoisotopic (exact) mass is 283 g/mol. The van der Waals surface area contributed by atoms with Crippen LogP contribution >= 0.6 is 0 Å². The number of carboxylic acid groups (broad SMARTS) is 1. The zero-order valence-corrected chi connectivity index (χ0v) is 13.3. The molecule has 4 atom stereocenters. The van der Waals surface area contributed by atoms with Gasteiger partial charge in [-0.05, 0) is 52.4 Å². The molecule has 1 heterocycles. The van der Waals surface area contributed by atoms with Gasteiger partial charge < -0.3 is 9.84 Å². The summed E-state index contributed by atoms with van der Waals surface area (Å²) in [6.07, 6.45) is 6.56. The standard InChI is InChI=1S/C16H29NO3/c1-11(10-16(2,3)20-4)17-13-8-6-5-7-12(13)9-14(17)15(18)19/h11-14H,5-10H2,1-4H3,(H,18,19). The molecule has 2 rings (SSSR count). The van der Waals surface area contributed by atoms with Gasteiger partial charge in [-0.2, -0.15) is 0 Å². The van der Waals surface area contributed by atoms with Crippen LogP contribution in [0.15, 0.2) is 0 Å². The fourth-order valence-corrected chi connectivity index (χ4v) is 4.26. The van der Waals surface area contributed by atoms with Gasteiger partial charge in [0.05, 0.1) is 5.60 Å². The van der Waals surface area contributed by atoms with E-state index in [1.807, 2.05) is 0 Å². The van der Waals surface area contributed by atoms with E-state index in [4.69, 9.17) is 4.74 Å². The summed E-state index contributed by atoms with van der Waals surface area (Å²) in [5.74, 6) is -0.0700. The Labute approximate surface area is 122 Å². The number of aliphatic carboxylic acids is 1. The molecule has 2 aliphatic rings. The van der Waals surface area contributed by atoms with Crippen molar-refractivity contribution in [3.8, 4) is 0 Å². The Balaban J connectivity index is 2.14. The Morgan fingerprint density at radius 1 is 1.40 bits per heavy atom. The van der Waals surface area contributed by atoms with Crippen molar-refractivity contribution in [2.75, 3.05) is 7.11 Å². The van der Waals surface area contributed by atoms with Gasteiger partial charge in [0.15, 0.2) is 0 Å². The first-order chi connectivity index (χ1) is 9.35. The summed E-state index contributed by atoms with van der Waals surface area (Å²) in [5.41, 5.74) is -0.199. The maximum atomic E-state index is 11.6. The minimum absolute atomic E-state index is 0.199. The quantitative estimate of drug-likeness (QED) is 0.843. The van der Waals surface area contributed by atoms with Crippen molar-refractivity contribution in [3.63, 3.8) is 0 Å². The fraction of sp³-hybridized carbons (Fsp3) is 0.938. The Morgan fingerprint density at radius 2 is 2.05 bits per heavy atom. The first kappa shape index (κ1) is 15.8. The van der Waals surface area contributed by atoms with Gasteiger partial charge >= 0.3 is 5.97 Å². The minimum Gasteiger partial charge on any atom is -0.480 e. The summed E-state index contributed by atoms with van der Waals surface area (Å²) in [6, 6.07) is 0.414. The smallest absolute Gasteiger partial charge is 0.320 e. The molecule has 0 aromatic rings. The summed E-state index contributed by atoms with van der Waals surface area (Å²) >= 11 is 0. The zero-order valence-electron chi connectivity index (χ0n) is 13.3. The second kappa shape index (κ2) is 6.02. The van der Waals surface area contributed by atoms with Gasteiger partial charge in [0.25, 0.3) is 0 Å². The molecule has 0 bridgehead atoms. The van der Waals surface area contributed by atoms with Crippen LogP contribution in [0.2, 0.25) is 0 Å². The molecule has 1 aliphatic heterocycles. The van der Waals surface area contributed by atoms with Gasteiger partial charge in [0.2, 0.25) is 0 Å². The van der Waals surface area contributed by atoms with E-state index < -0.39 is 5.97 Å². The Morgan fingerprint density at radius 3 is 2.65 bits per heavy atom. The molecular weight excluding hydrogens is 254 g/mol. The molecule has 0 aromatic heterocycles. The number of methoxy groups -OCH3 is 1. The van der Waals surface area contributed by atoms with Crippen LogP contribution in [0.4, 0.5) is 0 Å². The lowest BCUT2D eigenvalue weighted by atomic mass is 9.84. The minimum atomic E-state index is -0.651. The van der Waals surface area contributed by atoms with Gasteiger partial charge in [-0.1, -0.05) is 12.8 Å². The van der Waals surface area contributed by atoms with Crippen molar-refractivity contribution in [1.82, 2.24) is 4.90 Å². The molecule has 1 saturated carbocycles. The summed E-state index contributed by atoms with van der Waals surface area (Å²) in [4.78, 5) is 13.9. The predicted molar refractivity (Wildman–Crippen MR) is 78.8 cm³/mol. The van der Waals surface area contributed by atoms with Crippen LogP contribution in [0.25, 0.3) is 0 Å². The zero-order chi connectivity index (χ0) is 14.9. The van der Waals surface area contributed by atoms with E-state index in [-0.39, 0.29) is 17.7 Å². The van der Waals surface area contributed by atoms with Crippen molar-refractivity contribution < 1.29 is 14.6 Å². The van der Waals surface area contributed by atoms with E-state index in [9.17, 15) is 9.90 Å². The van der Waals surface area contributed by atoms with Crippen molar-refractivity contribution in [2.45, 2.75) is 83.0 Å². The SMILES string of the molecule is COC(C)(C)CC(C)N1C(C(=O)O)CC2CCCCC21. The fourth-order valence-electron chi connectivity index (χ4n) is 4.26. The highest BCUT2D eigenvalue weighted by Crippen LogP contribution is 2.42. The molecule has 1 N–H and O–H groups in total. The Bertz CT molecular complexity index is 356. The van der Waals surface area contributed by atoms with Crippen molar-refractivity contribution >= 4 is 5.97 Å². The highest BCUT2D eigenvalue weighted by molar-refractivity contribution is 5.74. The molecule has 4 nitrogen and oxygen atoms in total. The molecule has 4 heteroatoms. The van der Waals surface area contributed by atoms with Gasteiger partial charge in [0.1, 0.15) is 6.04 Å². The van der Waals surface area contributed by atoms with Crippen LogP contribution in [0.3, 0.4) is 0 Å². The molecule has 0 amide bonds. The lowest BCUT2D eigenvalue weighted by Crippen LogP contribution is -2.49. The van der Waals surface area contributed by atoms with E-state index in [0.29, 0.717) is 12.0 Å².